The molecule has 1 fully saturated rings. The maximum atomic E-state index is 11.3. The van der Waals surface area contributed by atoms with Crippen LogP contribution in [0, 0.1) is 11.3 Å². The molecular weight excluding hydrogens is 234 g/mol. The number of nitrogens with one attached hydrogen (secondary N) is 1. The lowest BCUT2D eigenvalue weighted by Crippen LogP contribution is -2.50. The van der Waals surface area contributed by atoms with Gasteiger partial charge in [-0.05, 0) is 26.8 Å². The van der Waals surface area contributed by atoms with Gasteiger partial charge in [-0.2, -0.15) is 5.26 Å². The van der Waals surface area contributed by atoms with Gasteiger partial charge in [0.05, 0.1) is 6.07 Å². The van der Waals surface area contributed by atoms with Crippen LogP contribution < -0.4 is 5.32 Å². The largest absolute Gasteiger partial charge is 0.300 e. The Morgan fingerprint density at radius 3 is 2.59 bits per heavy atom. The van der Waals surface area contributed by atoms with Crippen molar-refractivity contribution in [1.82, 2.24) is 10.2 Å². The predicted molar refractivity (Wildman–Crippen MR) is 71.2 cm³/mol. The second-order valence-electron chi connectivity index (χ2n) is 4.91. The highest BCUT2D eigenvalue weighted by Crippen LogP contribution is 2.17. The molecule has 0 amide bonds. The molecule has 1 N–H and O–H groups in total. The van der Waals surface area contributed by atoms with Crippen LogP contribution in [0.1, 0.15) is 27.2 Å². The molecule has 1 rings (SSSR count). The lowest BCUT2D eigenvalue weighted by molar-refractivity contribution is 0.191. The fraction of sp³-hybridized carbons (Fsp3) is 0.917. The van der Waals surface area contributed by atoms with Crippen LogP contribution in [0.3, 0.4) is 0 Å². The van der Waals surface area contributed by atoms with E-state index in [1.165, 1.54) is 0 Å². The maximum Gasteiger partial charge on any atom is 0.105 e. The van der Waals surface area contributed by atoms with Gasteiger partial charge in [0, 0.05) is 41.4 Å². The summed E-state index contributed by atoms with van der Waals surface area (Å²) in [5.74, 6) is 1.55. The van der Waals surface area contributed by atoms with Crippen LogP contribution >= 0.6 is 0 Å². The first-order valence-corrected chi connectivity index (χ1v) is 7.75. The van der Waals surface area contributed by atoms with E-state index in [4.69, 9.17) is 0 Å². The Kier molecular flexibility index (Phi) is 5.57. The predicted octanol–water partition coefficient (Wildman–Crippen LogP) is 0.721. The Bertz CT molecular complexity index is 305. The van der Waals surface area contributed by atoms with Gasteiger partial charge in [-0.3, -0.25) is 14.4 Å². The van der Waals surface area contributed by atoms with Gasteiger partial charge < -0.3 is 0 Å². The van der Waals surface area contributed by atoms with E-state index >= 15 is 0 Å². The maximum absolute atomic E-state index is 11.3. The summed E-state index contributed by atoms with van der Waals surface area (Å²) in [4.78, 5) is 2.34. The van der Waals surface area contributed by atoms with Crippen molar-refractivity contribution in [2.45, 2.75) is 38.8 Å². The summed E-state index contributed by atoms with van der Waals surface area (Å²) in [7, 11) is -0.628. The monoisotopic (exact) mass is 257 g/mol. The average Bonchev–Trinajstić information content (AvgIpc) is 2.30. The molecule has 0 saturated carbocycles. The highest BCUT2D eigenvalue weighted by Gasteiger charge is 2.29. The van der Waals surface area contributed by atoms with E-state index in [0.29, 0.717) is 6.04 Å². The molecular formula is C12H23N3OS. The zero-order valence-electron chi connectivity index (χ0n) is 11.0. The minimum atomic E-state index is -0.628. The SMILES string of the molecule is CCNC(C)(C#N)CC(C)N1CCS(=O)CC1. The molecule has 0 aromatic carbocycles. The molecule has 1 aliphatic heterocycles. The van der Waals surface area contributed by atoms with E-state index < -0.39 is 16.3 Å². The fourth-order valence-electron chi connectivity index (χ4n) is 2.36. The van der Waals surface area contributed by atoms with E-state index in [9.17, 15) is 9.47 Å². The number of hydrogen-bond donors (Lipinski definition) is 1. The van der Waals surface area contributed by atoms with Crippen molar-refractivity contribution in [3.05, 3.63) is 0 Å². The zero-order valence-corrected chi connectivity index (χ0v) is 11.8. The Labute approximate surface area is 107 Å². The van der Waals surface area contributed by atoms with Gasteiger partial charge in [0.2, 0.25) is 0 Å². The first-order valence-electron chi connectivity index (χ1n) is 6.26. The molecule has 98 valence electrons. The minimum absolute atomic E-state index is 0.357. The fourth-order valence-corrected chi connectivity index (χ4v) is 3.44. The highest BCUT2D eigenvalue weighted by atomic mass is 32.2. The van der Waals surface area contributed by atoms with E-state index in [0.717, 1.165) is 37.6 Å². The van der Waals surface area contributed by atoms with Crippen molar-refractivity contribution in [1.29, 1.82) is 5.26 Å². The van der Waals surface area contributed by atoms with Crippen LogP contribution in [-0.4, -0.2) is 51.8 Å². The second-order valence-corrected chi connectivity index (χ2v) is 6.61. The molecule has 17 heavy (non-hydrogen) atoms. The molecule has 1 aliphatic rings. The second kappa shape index (κ2) is 6.48. The van der Waals surface area contributed by atoms with Crippen molar-refractivity contribution in [3.8, 4) is 6.07 Å². The van der Waals surface area contributed by atoms with Crippen LogP contribution in [0.5, 0.6) is 0 Å². The zero-order chi connectivity index (χ0) is 12.9. The van der Waals surface area contributed by atoms with Gasteiger partial charge in [-0.1, -0.05) is 6.92 Å². The van der Waals surface area contributed by atoms with Crippen LogP contribution in [-0.2, 0) is 10.8 Å². The Hall–Kier alpha value is -0.440. The number of nitriles is 1. The average molecular weight is 257 g/mol. The molecule has 0 aromatic heterocycles. The molecule has 0 spiro atoms. The summed E-state index contributed by atoms with van der Waals surface area (Å²) in [6.45, 7) is 8.71. The molecule has 0 radical (unpaired) electrons. The molecule has 0 aromatic rings. The normalized spacial score (nSPS) is 23.9. The molecule has 4 nitrogen and oxygen atoms in total. The van der Waals surface area contributed by atoms with Crippen molar-refractivity contribution in [2.24, 2.45) is 0 Å². The summed E-state index contributed by atoms with van der Waals surface area (Å²) >= 11 is 0. The lowest BCUT2D eigenvalue weighted by Gasteiger charge is -2.35. The van der Waals surface area contributed by atoms with Crippen molar-refractivity contribution < 1.29 is 4.21 Å². The smallest absolute Gasteiger partial charge is 0.105 e. The van der Waals surface area contributed by atoms with Crippen molar-refractivity contribution in [2.75, 3.05) is 31.1 Å². The number of nitrogens with zero attached hydrogens (tertiary/aromatic N) is 2. The Morgan fingerprint density at radius 1 is 1.53 bits per heavy atom. The Balaban J connectivity index is 2.50. The van der Waals surface area contributed by atoms with Crippen LogP contribution in [0.2, 0.25) is 0 Å². The van der Waals surface area contributed by atoms with Crippen molar-refractivity contribution in [3.63, 3.8) is 0 Å². The summed E-state index contributed by atoms with van der Waals surface area (Å²) in [6.07, 6.45) is 0.809. The summed E-state index contributed by atoms with van der Waals surface area (Å²) in [5.41, 5.74) is -0.454. The van der Waals surface area contributed by atoms with Gasteiger partial charge in [-0.25, -0.2) is 0 Å². The Morgan fingerprint density at radius 2 is 2.12 bits per heavy atom. The van der Waals surface area contributed by atoms with Gasteiger partial charge in [0.1, 0.15) is 5.54 Å². The van der Waals surface area contributed by atoms with E-state index in [-0.39, 0.29) is 0 Å². The quantitative estimate of drug-likeness (QED) is 0.788. The van der Waals surface area contributed by atoms with Crippen LogP contribution in [0.4, 0.5) is 0 Å². The molecule has 5 heteroatoms. The van der Waals surface area contributed by atoms with Gasteiger partial charge in [-0.15, -0.1) is 0 Å². The number of hydrogen-bond acceptors (Lipinski definition) is 4. The van der Waals surface area contributed by atoms with E-state index in [1.54, 1.807) is 0 Å². The van der Waals surface area contributed by atoms with Gasteiger partial charge >= 0.3 is 0 Å². The molecule has 2 unspecified atom stereocenters. The first-order chi connectivity index (χ1) is 8.00. The molecule has 1 heterocycles. The molecule has 2 atom stereocenters. The summed E-state index contributed by atoms with van der Waals surface area (Å²) < 4.78 is 11.3. The topological polar surface area (TPSA) is 56.1 Å². The first kappa shape index (κ1) is 14.6. The van der Waals surface area contributed by atoms with Crippen LogP contribution in [0.25, 0.3) is 0 Å². The molecule has 0 bridgehead atoms. The third-order valence-corrected chi connectivity index (χ3v) is 4.63. The van der Waals surface area contributed by atoms with Crippen molar-refractivity contribution >= 4 is 10.8 Å². The standard InChI is InChI=1S/C12H23N3OS/c1-4-14-12(3,10-13)9-11(2)15-5-7-17(16)8-6-15/h11,14H,4-9H2,1-3H3. The third kappa shape index (κ3) is 4.38. The number of rotatable bonds is 5. The van der Waals surface area contributed by atoms with Crippen LogP contribution in [0.15, 0.2) is 0 Å². The van der Waals surface area contributed by atoms with E-state index in [1.807, 2.05) is 13.8 Å². The molecule has 1 saturated heterocycles. The van der Waals surface area contributed by atoms with Gasteiger partial charge in [0.25, 0.3) is 0 Å². The summed E-state index contributed by atoms with van der Waals surface area (Å²) in [5, 5.41) is 12.5. The highest BCUT2D eigenvalue weighted by molar-refractivity contribution is 7.85. The van der Waals surface area contributed by atoms with E-state index in [2.05, 4.69) is 23.2 Å². The third-order valence-electron chi connectivity index (χ3n) is 3.35. The summed E-state index contributed by atoms with van der Waals surface area (Å²) in [6, 6.07) is 2.72. The lowest BCUT2D eigenvalue weighted by atomic mass is 9.94. The molecule has 0 aliphatic carbocycles. The van der Waals surface area contributed by atoms with Gasteiger partial charge in [0.15, 0.2) is 0 Å². The minimum Gasteiger partial charge on any atom is -0.300 e.